The Morgan fingerprint density at radius 1 is 1.05 bits per heavy atom. The molecule has 3 aromatic rings. The van der Waals surface area contributed by atoms with Crippen LogP contribution >= 0.6 is 11.6 Å². The first-order valence-corrected chi connectivity index (χ1v) is 14.4. The van der Waals surface area contributed by atoms with Crippen molar-refractivity contribution in [2.75, 3.05) is 12.4 Å². The Balaban J connectivity index is 0.000000336. The Morgan fingerprint density at radius 2 is 1.75 bits per heavy atom. The van der Waals surface area contributed by atoms with Gasteiger partial charge in [0.2, 0.25) is 5.91 Å². The molecule has 0 bridgehead atoms. The number of hydrogen-bond donors (Lipinski definition) is 1. The molecular weight excluding hydrogens is 530 g/mol. The van der Waals surface area contributed by atoms with E-state index in [1.54, 1.807) is 36.4 Å². The normalized spacial score (nSPS) is 14.2. The van der Waals surface area contributed by atoms with Crippen molar-refractivity contribution in [2.45, 2.75) is 78.8 Å². The van der Waals surface area contributed by atoms with E-state index in [0.29, 0.717) is 22.0 Å². The number of Topliss-reactive ketones (excluding diaryl/α,β-unsaturated/α-hetero) is 1. The maximum atomic E-state index is 12.9. The van der Waals surface area contributed by atoms with Gasteiger partial charge in [-0.1, -0.05) is 82.5 Å². The van der Waals surface area contributed by atoms with Gasteiger partial charge in [0.25, 0.3) is 5.56 Å². The van der Waals surface area contributed by atoms with Gasteiger partial charge in [0.05, 0.1) is 30.2 Å². The number of anilines is 1. The first kappa shape index (κ1) is 31.1. The number of ketones is 1. The summed E-state index contributed by atoms with van der Waals surface area (Å²) in [4.78, 5) is 49.6. The van der Waals surface area contributed by atoms with Gasteiger partial charge in [-0.25, -0.2) is 4.79 Å². The van der Waals surface area contributed by atoms with Gasteiger partial charge < -0.3 is 10.1 Å². The maximum Gasteiger partial charge on any atom is 0.332 e. The van der Waals surface area contributed by atoms with Gasteiger partial charge in [-0.05, 0) is 49.1 Å². The van der Waals surface area contributed by atoms with Crippen LogP contribution in [0.5, 0.6) is 5.75 Å². The molecule has 1 fully saturated rings. The lowest BCUT2D eigenvalue weighted by Crippen LogP contribution is -2.42. The van der Waals surface area contributed by atoms with E-state index in [1.807, 2.05) is 0 Å². The number of carbonyl (C=O) groups excluding carboxylic acids is 2. The van der Waals surface area contributed by atoms with Gasteiger partial charge in [-0.15, -0.1) is 0 Å². The Kier molecular flexibility index (Phi) is 11.6. The van der Waals surface area contributed by atoms with Gasteiger partial charge in [0.1, 0.15) is 18.1 Å². The molecule has 40 heavy (non-hydrogen) atoms. The number of nitrogens with one attached hydrogen (secondary N) is 1. The summed E-state index contributed by atoms with van der Waals surface area (Å²) < 4.78 is 7.19. The number of fused-ring (bicyclic) bond motifs is 1. The summed E-state index contributed by atoms with van der Waals surface area (Å²) in [6.45, 7) is 5.29. The molecule has 0 saturated heterocycles. The van der Waals surface area contributed by atoms with Crippen molar-refractivity contribution in [1.29, 1.82) is 0 Å². The minimum atomic E-state index is -0.739. The van der Waals surface area contributed by atoms with Gasteiger partial charge in [-0.3, -0.25) is 23.5 Å². The first-order chi connectivity index (χ1) is 19.2. The Morgan fingerprint density at radius 3 is 2.40 bits per heavy atom. The molecule has 2 aromatic carbocycles. The van der Waals surface area contributed by atoms with Crippen LogP contribution in [0.25, 0.3) is 10.9 Å². The molecule has 1 aliphatic rings. The van der Waals surface area contributed by atoms with E-state index < -0.39 is 17.2 Å². The Bertz CT molecular complexity index is 1440. The van der Waals surface area contributed by atoms with E-state index in [2.05, 4.69) is 19.2 Å². The molecule has 1 heterocycles. The fourth-order valence-corrected chi connectivity index (χ4v) is 5.56. The number of hydrogen-bond acceptors (Lipinski definition) is 5. The predicted molar refractivity (Wildman–Crippen MR) is 160 cm³/mol. The van der Waals surface area contributed by atoms with Crippen molar-refractivity contribution in [3.63, 3.8) is 0 Å². The lowest BCUT2D eigenvalue weighted by atomic mass is 9.79. The van der Waals surface area contributed by atoms with Crippen LogP contribution in [-0.2, 0) is 22.7 Å². The smallest absolute Gasteiger partial charge is 0.332 e. The van der Waals surface area contributed by atoms with E-state index in [4.69, 9.17) is 16.3 Å². The van der Waals surface area contributed by atoms with Gasteiger partial charge in [0.15, 0.2) is 0 Å². The summed E-state index contributed by atoms with van der Waals surface area (Å²) in [5.41, 5.74) is -0.666. The summed E-state index contributed by atoms with van der Waals surface area (Å²) in [6, 6.07) is 11.2. The fraction of sp³-hybridized carbons (Fsp3) is 0.484. The first-order valence-electron chi connectivity index (χ1n) is 14.0. The number of amides is 1. The topological polar surface area (TPSA) is 99.4 Å². The molecule has 0 spiro atoms. The molecule has 9 heteroatoms. The van der Waals surface area contributed by atoms with E-state index in [0.717, 1.165) is 21.0 Å². The number of para-hydroxylation sites is 1. The number of aromatic nitrogens is 2. The maximum absolute atomic E-state index is 12.9. The van der Waals surface area contributed by atoms with Crippen molar-refractivity contribution in [3.8, 4) is 5.75 Å². The van der Waals surface area contributed by atoms with Crippen molar-refractivity contribution >= 4 is 39.9 Å². The third kappa shape index (κ3) is 8.07. The Labute approximate surface area is 240 Å². The Hall–Kier alpha value is -3.39. The number of methoxy groups -OCH3 is 1. The molecule has 0 radical (unpaired) electrons. The highest BCUT2D eigenvalue weighted by molar-refractivity contribution is 6.31. The summed E-state index contributed by atoms with van der Waals surface area (Å²) in [5.74, 6) is 1.61. The number of rotatable bonds is 9. The van der Waals surface area contributed by atoms with Crippen molar-refractivity contribution < 1.29 is 14.3 Å². The SMILES string of the molecule is CCCC(C)C1CCCCC1.COc1ccc(Cl)cc1NC(=O)Cn1c(=O)n(CC(C)=O)c(=O)c2ccccc21. The van der Waals surface area contributed by atoms with E-state index in [9.17, 15) is 19.2 Å². The molecular formula is C31H40ClN3O5. The molecule has 216 valence electrons. The van der Waals surface area contributed by atoms with Crippen molar-refractivity contribution in [3.05, 3.63) is 68.3 Å². The lowest BCUT2D eigenvalue weighted by molar-refractivity contribution is -0.117. The monoisotopic (exact) mass is 569 g/mol. The predicted octanol–water partition coefficient (Wildman–Crippen LogP) is 6.06. The zero-order valence-electron chi connectivity index (χ0n) is 23.9. The van der Waals surface area contributed by atoms with Crippen LogP contribution in [0.1, 0.15) is 65.7 Å². The standard InChI is InChI=1S/C20H18ClN3O5.C11H22/c1-12(25)10-24-19(27)14-5-3-4-6-16(14)23(20(24)28)11-18(26)22-15-9-13(21)7-8-17(15)29-2;1-3-7-10(2)11-8-5-4-6-9-11/h3-9H,10-11H2,1-2H3,(H,22,26);10-11H,3-9H2,1-2H3. The van der Waals surface area contributed by atoms with E-state index in [-0.39, 0.29) is 24.3 Å². The van der Waals surface area contributed by atoms with Crippen molar-refractivity contribution in [1.82, 2.24) is 9.13 Å². The number of halogens is 1. The molecule has 4 rings (SSSR count). The summed E-state index contributed by atoms with van der Waals surface area (Å²) in [6.07, 6.45) is 10.3. The molecule has 1 unspecified atom stereocenters. The lowest BCUT2D eigenvalue weighted by Gasteiger charge is -2.27. The zero-order valence-corrected chi connectivity index (χ0v) is 24.6. The molecule has 0 aliphatic heterocycles. The highest BCUT2D eigenvalue weighted by Crippen LogP contribution is 2.32. The number of benzene rings is 2. The molecule has 8 nitrogen and oxygen atoms in total. The average molecular weight is 570 g/mol. The second-order valence-corrected chi connectivity index (χ2v) is 11.0. The van der Waals surface area contributed by atoms with Crippen LogP contribution in [-0.4, -0.2) is 27.9 Å². The van der Waals surface area contributed by atoms with Crippen LogP contribution in [0.3, 0.4) is 0 Å². The average Bonchev–Trinajstić information content (AvgIpc) is 2.94. The number of ether oxygens (including phenoxy) is 1. The minimum Gasteiger partial charge on any atom is -0.495 e. The van der Waals surface area contributed by atoms with Gasteiger partial charge >= 0.3 is 5.69 Å². The number of nitrogens with zero attached hydrogens (tertiary/aromatic N) is 2. The number of carbonyl (C=O) groups is 2. The quantitative estimate of drug-likeness (QED) is 0.338. The fourth-order valence-electron chi connectivity index (χ4n) is 5.39. The second kappa shape index (κ2) is 14.8. The largest absolute Gasteiger partial charge is 0.495 e. The highest BCUT2D eigenvalue weighted by atomic mass is 35.5. The van der Waals surface area contributed by atoms with Gasteiger partial charge in [-0.2, -0.15) is 0 Å². The van der Waals surface area contributed by atoms with Gasteiger partial charge in [0, 0.05) is 5.02 Å². The summed E-state index contributed by atoms with van der Waals surface area (Å²) in [7, 11) is 1.45. The molecule has 1 aromatic heterocycles. The molecule has 1 aliphatic carbocycles. The van der Waals surface area contributed by atoms with E-state index in [1.165, 1.54) is 65.0 Å². The van der Waals surface area contributed by atoms with Crippen LogP contribution in [0.15, 0.2) is 52.1 Å². The van der Waals surface area contributed by atoms with Crippen LogP contribution in [0, 0.1) is 11.8 Å². The molecule has 1 N–H and O–H groups in total. The highest BCUT2D eigenvalue weighted by Gasteiger charge is 2.19. The zero-order chi connectivity index (χ0) is 29.2. The van der Waals surface area contributed by atoms with Crippen LogP contribution in [0.4, 0.5) is 5.69 Å². The molecule has 1 amide bonds. The van der Waals surface area contributed by atoms with Crippen LogP contribution < -0.4 is 21.3 Å². The third-order valence-corrected chi connectivity index (χ3v) is 7.68. The molecule has 1 atom stereocenters. The van der Waals surface area contributed by atoms with Crippen molar-refractivity contribution in [2.24, 2.45) is 11.8 Å². The molecule has 1 saturated carbocycles. The second-order valence-electron chi connectivity index (χ2n) is 10.5. The summed E-state index contributed by atoms with van der Waals surface area (Å²) >= 11 is 5.98. The van der Waals surface area contributed by atoms with Crippen LogP contribution in [0.2, 0.25) is 5.02 Å². The third-order valence-electron chi connectivity index (χ3n) is 7.45. The summed E-state index contributed by atoms with van der Waals surface area (Å²) in [5, 5.41) is 3.29. The van der Waals surface area contributed by atoms with E-state index >= 15 is 0 Å². The minimum absolute atomic E-state index is 0.237.